The molecule has 0 aliphatic carbocycles. The molecule has 6 heteroatoms. The van der Waals surface area contributed by atoms with E-state index in [9.17, 15) is 9.18 Å². The molecule has 0 unspecified atom stereocenters. The standard InChI is InChI=1S/C11H5Cl3FNO/c12-5-3-7(13)10(8(14)4-5)6-1-2-9(17)16-11(6)15/h1-4H,(H,16,17). The largest absolute Gasteiger partial charge is 0.298 e. The highest BCUT2D eigenvalue weighted by molar-refractivity contribution is 6.41. The van der Waals surface area contributed by atoms with Gasteiger partial charge >= 0.3 is 0 Å². The third kappa shape index (κ3) is 2.46. The number of benzene rings is 1. The molecule has 1 heterocycles. The van der Waals surface area contributed by atoms with E-state index in [0.717, 1.165) is 0 Å². The lowest BCUT2D eigenvalue weighted by Gasteiger charge is -2.08. The first-order valence-electron chi connectivity index (χ1n) is 4.53. The van der Waals surface area contributed by atoms with Crippen molar-refractivity contribution >= 4 is 34.8 Å². The monoisotopic (exact) mass is 291 g/mol. The van der Waals surface area contributed by atoms with Crippen molar-refractivity contribution in [2.45, 2.75) is 0 Å². The molecule has 2 rings (SSSR count). The highest BCUT2D eigenvalue weighted by atomic mass is 35.5. The molecule has 0 atom stereocenters. The Balaban J connectivity index is 2.73. The van der Waals surface area contributed by atoms with Gasteiger partial charge in [0.25, 0.3) is 0 Å². The fraction of sp³-hybridized carbons (Fsp3) is 0. The van der Waals surface area contributed by atoms with Crippen molar-refractivity contribution in [1.82, 2.24) is 4.98 Å². The Labute approximate surface area is 111 Å². The smallest absolute Gasteiger partial charge is 0.250 e. The molecule has 0 saturated carbocycles. The molecule has 0 amide bonds. The summed E-state index contributed by atoms with van der Waals surface area (Å²) in [4.78, 5) is 12.9. The zero-order chi connectivity index (χ0) is 12.6. The van der Waals surface area contributed by atoms with Crippen LogP contribution in [0.25, 0.3) is 11.1 Å². The van der Waals surface area contributed by atoms with Gasteiger partial charge in [0.1, 0.15) is 0 Å². The third-order valence-corrected chi connectivity index (χ3v) is 2.96. The SMILES string of the molecule is O=c1ccc(-c2c(Cl)cc(Cl)cc2Cl)c(F)[nH]1. The van der Waals surface area contributed by atoms with Gasteiger partial charge in [-0.2, -0.15) is 4.39 Å². The summed E-state index contributed by atoms with van der Waals surface area (Å²) in [6.07, 6.45) is 0. The summed E-state index contributed by atoms with van der Waals surface area (Å²) in [7, 11) is 0. The molecule has 0 fully saturated rings. The van der Waals surface area contributed by atoms with Crippen LogP contribution in [0.3, 0.4) is 0 Å². The van der Waals surface area contributed by atoms with Crippen LogP contribution in [-0.2, 0) is 0 Å². The van der Waals surface area contributed by atoms with Gasteiger partial charge in [0.05, 0.1) is 10.0 Å². The van der Waals surface area contributed by atoms with Crippen molar-refractivity contribution in [1.29, 1.82) is 0 Å². The van der Waals surface area contributed by atoms with Crippen molar-refractivity contribution in [2.24, 2.45) is 0 Å². The van der Waals surface area contributed by atoms with Gasteiger partial charge < -0.3 is 0 Å². The molecule has 1 aromatic carbocycles. The Morgan fingerprint density at radius 2 is 1.65 bits per heavy atom. The zero-order valence-electron chi connectivity index (χ0n) is 8.23. The van der Waals surface area contributed by atoms with Gasteiger partial charge in [0.2, 0.25) is 11.5 Å². The predicted octanol–water partition coefficient (Wildman–Crippen LogP) is 4.14. The van der Waals surface area contributed by atoms with Gasteiger partial charge in [0, 0.05) is 22.2 Å². The molecule has 1 aromatic heterocycles. The second-order valence-electron chi connectivity index (χ2n) is 3.29. The molecule has 0 radical (unpaired) electrons. The Morgan fingerprint density at radius 3 is 2.18 bits per heavy atom. The van der Waals surface area contributed by atoms with Crippen LogP contribution >= 0.6 is 34.8 Å². The maximum absolute atomic E-state index is 13.6. The van der Waals surface area contributed by atoms with Gasteiger partial charge in [-0.25, -0.2) is 0 Å². The maximum atomic E-state index is 13.6. The Hall–Kier alpha value is -1.03. The first-order chi connectivity index (χ1) is 7.99. The van der Waals surface area contributed by atoms with Gasteiger partial charge in [-0.3, -0.25) is 9.78 Å². The van der Waals surface area contributed by atoms with Crippen LogP contribution in [0.5, 0.6) is 0 Å². The molecule has 0 saturated heterocycles. The van der Waals surface area contributed by atoms with E-state index >= 15 is 0 Å². The lowest BCUT2D eigenvalue weighted by Crippen LogP contribution is -2.06. The number of pyridine rings is 1. The predicted molar refractivity (Wildman–Crippen MR) is 67.5 cm³/mol. The zero-order valence-corrected chi connectivity index (χ0v) is 10.5. The maximum Gasteiger partial charge on any atom is 0.250 e. The minimum atomic E-state index is -0.788. The second kappa shape index (κ2) is 4.69. The van der Waals surface area contributed by atoms with Gasteiger partial charge in [-0.05, 0) is 18.2 Å². The van der Waals surface area contributed by atoms with Crippen LogP contribution in [-0.4, -0.2) is 4.98 Å². The van der Waals surface area contributed by atoms with E-state index in [1.165, 1.54) is 24.3 Å². The van der Waals surface area contributed by atoms with Crippen molar-refractivity contribution in [2.75, 3.05) is 0 Å². The van der Waals surface area contributed by atoms with E-state index in [2.05, 4.69) is 0 Å². The van der Waals surface area contributed by atoms with Crippen LogP contribution in [0, 0.1) is 5.95 Å². The minimum Gasteiger partial charge on any atom is -0.298 e. The van der Waals surface area contributed by atoms with Crippen LogP contribution < -0.4 is 5.56 Å². The summed E-state index contributed by atoms with van der Waals surface area (Å²) >= 11 is 17.7. The number of H-pyrrole nitrogens is 1. The third-order valence-electron chi connectivity index (χ3n) is 2.15. The molecule has 0 bridgehead atoms. The van der Waals surface area contributed by atoms with Crippen molar-refractivity contribution < 1.29 is 4.39 Å². The fourth-order valence-electron chi connectivity index (χ4n) is 1.44. The molecule has 0 spiro atoms. The molecular weight excluding hydrogens is 287 g/mol. The summed E-state index contributed by atoms with van der Waals surface area (Å²) in [6.45, 7) is 0. The number of hydrogen-bond acceptors (Lipinski definition) is 1. The van der Waals surface area contributed by atoms with E-state index in [0.29, 0.717) is 10.6 Å². The number of nitrogens with one attached hydrogen (secondary N) is 1. The van der Waals surface area contributed by atoms with Crippen LogP contribution in [0.4, 0.5) is 4.39 Å². The Morgan fingerprint density at radius 1 is 1.06 bits per heavy atom. The molecule has 2 nitrogen and oxygen atoms in total. The van der Waals surface area contributed by atoms with E-state index in [1.807, 2.05) is 4.98 Å². The number of aromatic amines is 1. The molecule has 17 heavy (non-hydrogen) atoms. The van der Waals surface area contributed by atoms with Crippen molar-refractivity contribution in [3.63, 3.8) is 0 Å². The van der Waals surface area contributed by atoms with Crippen LogP contribution in [0.15, 0.2) is 29.1 Å². The van der Waals surface area contributed by atoms with Crippen LogP contribution in [0.1, 0.15) is 0 Å². The van der Waals surface area contributed by atoms with E-state index < -0.39 is 11.5 Å². The summed E-state index contributed by atoms with van der Waals surface area (Å²) < 4.78 is 13.6. The molecule has 0 aliphatic rings. The van der Waals surface area contributed by atoms with Gasteiger partial charge in [0.15, 0.2) is 0 Å². The summed E-state index contributed by atoms with van der Waals surface area (Å²) in [5, 5.41) is 0.787. The van der Waals surface area contributed by atoms with E-state index in [4.69, 9.17) is 34.8 Å². The lowest BCUT2D eigenvalue weighted by molar-refractivity contribution is 0.583. The van der Waals surface area contributed by atoms with E-state index in [1.54, 1.807) is 0 Å². The number of rotatable bonds is 1. The van der Waals surface area contributed by atoms with Crippen molar-refractivity contribution in [3.05, 3.63) is 55.6 Å². The first-order valence-corrected chi connectivity index (χ1v) is 5.66. The molecule has 1 N–H and O–H groups in total. The number of halogens is 4. The number of hydrogen-bond donors (Lipinski definition) is 1. The van der Waals surface area contributed by atoms with Crippen molar-refractivity contribution in [3.8, 4) is 11.1 Å². The lowest BCUT2D eigenvalue weighted by atomic mass is 10.1. The topological polar surface area (TPSA) is 32.9 Å². The molecule has 0 aliphatic heterocycles. The summed E-state index contributed by atoms with van der Waals surface area (Å²) in [5.74, 6) is -0.788. The molecule has 2 aromatic rings. The average molecular weight is 293 g/mol. The Bertz CT molecular complexity index is 616. The summed E-state index contributed by atoms with van der Waals surface area (Å²) in [6, 6.07) is 5.42. The van der Waals surface area contributed by atoms with Crippen LogP contribution in [0.2, 0.25) is 15.1 Å². The Kier molecular flexibility index (Phi) is 3.43. The normalized spacial score (nSPS) is 10.6. The molecule has 88 valence electrons. The second-order valence-corrected chi connectivity index (χ2v) is 4.55. The molecular formula is C11H5Cl3FNO. The number of aromatic nitrogens is 1. The highest BCUT2D eigenvalue weighted by Gasteiger charge is 2.14. The van der Waals surface area contributed by atoms with Gasteiger partial charge in [-0.15, -0.1) is 0 Å². The first kappa shape index (κ1) is 12.4. The average Bonchev–Trinajstić information content (AvgIpc) is 2.19. The minimum absolute atomic E-state index is 0.122. The quantitative estimate of drug-likeness (QED) is 0.787. The highest BCUT2D eigenvalue weighted by Crippen LogP contribution is 2.37. The fourth-order valence-corrected chi connectivity index (χ4v) is 2.46. The van der Waals surface area contributed by atoms with E-state index in [-0.39, 0.29) is 15.6 Å². The summed E-state index contributed by atoms with van der Waals surface area (Å²) in [5.41, 5.74) is -0.116. The van der Waals surface area contributed by atoms with Gasteiger partial charge in [-0.1, -0.05) is 34.8 Å².